The van der Waals surface area contributed by atoms with E-state index in [1.807, 2.05) is 13.8 Å². The maximum Gasteiger partial charge on any atom is 0.261 e. The van der Waals surface area contributed by atoms with E-state index in [2.05, 4.69) is 15.3 Å². The fourth-order valence-electron chi connectivity index (χ4n) is 1.38. The summed E-state index contributed by atoms with van der Waals surface area (Å²) in [5.74, 6) is 1.37. The second kappa shape index (κ2) is 6.44. The summed E-state index contributed by atoms with van der Waals surface area (Å²) in [4.78, 5) is 8.56. The number of alkyl halides is 2. The number of nitrogens with one attached hydrogen (secondary N) is 1. The van der Waals surface area contributed by atoms with Crippen molar-refractivity contribution < 1.29 is 13.5 Å². The Hall–Kier alpha value is -1.30. The van der Waals surface area contributed by atoms with E-state index >= 15 is 0 Å². The first-order valence-corrected chi connectivity index (χ1v) is 5.42. The van der Waals surface area contributed by atoms with Crippen LogP contribution in [0.1, 0.15) is 17.1 Å². The minimum absolute atomic E-state index is 0.204. The van der Waals surface area contributed by atoms with Crippen LogP contribution in [0.4, 0.5) is 14.6 Å². The molecule has 1 aromatic rings. The summed E-state index contributed by atoms with van der Waals surface area (Å²) in [6.07, 6.45) is -1.99. The van der Waals surface area contributed by atoms with Gasteiger partial charge in [-0.25, -0.2) is 18.7 Å². The van der Waals surface area contributed by atoms with E-state index < -0.39 is 13.0 Å². The molecule has 1 N–H and O–H groups in total. The standard InChI is InChI=1S/C11H17F2N3O/c1-7-8(2)15-10(16-11(7)14-3)4-5-17-6-9(12)13/h9H,4-6H2,1-3H3,(H,14,15,16). The molecule has 0 amide bonds. The predicted octanol–water partition coefficient (Wildman–Crippen LogP) is 1.96. The van der Waals surface area contributed by atoms with Crippen LogP contribution in [0.25, 0.3) is 0 Å². The van der Waals surface area contributed by atoms with Crippen LogP contribution in [-0.2, 0) is 11.2 Å². The van der Waals surface area contributed by atoms with Crippen LogP contribution in [0, 0.1) is 13.8 Å². The van der Waals surface area contributed by atoms with Crippen molar-refractivity contribution in [2.45, 2.75) is 26.7 Å². The third kappa shape index (κ3) is 4.22. The molecule has 6 heteroatoms. The van der Waals surface area contributed by atoms with Crippen molar-refractivity contribution in [3.8, 4) is 0 Å². The first-order chi connectivity index (χ1) is 8.04. The molecule has 96 valence electrons. The van der Waals surface area contributed by atoms with Gasteiger partial charge in [0.25, 0.3) is 6.43 Å². The van der Waals surface area contributed by atoms with E-state index in [1.54, 1.807) is 7.05 Å². The second-order valence-corrected chi connectivity index (χ2v) is 3.66. The van der Waals surface area contributed by atoms with Crippen LogP contribution < -0.4 is 5.32 Å². The Morgan fingerprint density at radius 3 is 2.59 bits per heavy atom. The van der Waals surface area contributed by atoms with Crippen LogP contribution >= 0.6 is 0 Å². The molecule has 0 aliphatic rings. The molecule has 0 unspecified atom stereocenters. The quantitative estimate of drug-likeness (QED) is 0.778. The molecule has 0 aliphatic heterocycles. The molecule has 0 bridgehead atoms. The van der Waals surface area contributed by atoms with Gasteiger partial charge in [0.2, 0.25) is 0 Å². The molecule has 0 aromatic carbocycles. The van der Waals surface area contributed by atoms with Crippen molar-refractivity contribution in [2.75, 3.05) is 25.6 Å². The van der Waals surface area contributed by atoms with E-state index in [9.17, 15) is 8.78 Å². The number of hydrogen-bond donors (Lipinski definition) is 1. The Balaban J connectivity index is 2.57. The monoisotopic (exact) mass is 245 g/mol. The lowest BCUT2D eigenvalue weighted by atomic mass is 10.2. The van der Waals surface area contributed by atoms with Crippen molar-refractivity contribution in [3.63, 3.8) is 0 Å². The summed E-state index contributed by atoms with van der Waals surface area (Å²) in [6.45, 7) is 3.49. The largest absolute Gasteiger partial charge is 0.375 e. The predicted molar refractivity (Wildman–Crippen MR) is 61.6 cm³/mol. The summed E-state index contributed by atoms with van der Waals surface area (Å²) < 4.78 is 28.5. The molecule has 17 heavy (non-hydrogen) atoms. The minimum atomic E-state index is -2.43. The van der Waals surface area contributed by atoms with Crippen LogP contribution in [-0.4, -0.2) is 36.7 Å². The van der Waals surface area contributed by atoms with Crippen molar-refractivity contribution in [3.05, 3.63) is 17.1 Å². The third-order valence-electron chi connectivity index (χ3n) is 2.39. The lowest BCUT2D eigenvalue weighted by Crippen LogP contribution is -2.10. The molecule has 0 fully saturated rings. The zero-order valence-electron chi connectivity index (χ0n) is 10.3. The average molecular weight is 245 g/mol. The van der Waals surface area contributed by atoms with E-state index in [1.165, 1.54) is 0 Å². The zero-order valence-corrected chi connectivity index (χ0v) is 10.3. The number of halogens is 2. The molecule has 0 aliphatic carbocycles. The SMILES string of the molecule is CNc1nc(CCOCC(F)F)nc(C)c1C. The van der Waals surface area contributed by atoms with Crippen molar-refractivity contribution >= 4 is 5.82 Å². The molecular formula is C11H17F2N3O. The normalized spacial score (nSPS) is 10.9. The van der Waals surface area contributed by atoms with E-state index in [0.717, 1.165) is 17.1 Å². The van der Waals surface area contributed by atoms with Gasteiger partial charge in [0.1, 0.15) is 18.2 Å². The number of nitrogens with zero attached hydrogens (tertiary/aromatic N) is 2. The molecule has 1 heterocycles. The van der Waals surface area contributed by atoms with Crippen LogP contribution in [0.5, 0.6) is 0 Å². The lowest BCUT2D eigenvalue weighted by Gasteiger charge is -2.09. The zero-order chi connectivity index (χ0) is 12.8. The maximum absolute atomic E-state index is 11.8. The van der Waals surface area contributed by atoms with Gasteiger partial charge in [-0.05, 0) is 13.8 Å². The van der Waals surface area contributed by atoms with E-state index in [-0.39, 0.29) is 6.61 Å². The number of aryl methyl sites for hydroxylation is 1. The second-order valence-electron chi connectivity index (χ2n) is 3.66. The molecule has 0 atom stereocenters. The number of hydrogen-bond acceptors (Lipinski definition) is 4. The molecule has 0 radical (unpaired) electrons. The lowest BCUT2D eigenvalue weighted by molar-refractivity contribution is 0.0183. The first kappa shape index (κ1) is 13.8. The minimum Gasteiger partial charge on any atom is -0.375 e. The first-order valence-electron chi connectivity index (χ1n) is 5.42. The van der Waals surface area contributed by atoms with Gasteiger partial charge in [-0.2, -0.15) is 0 Å². The molecule has 1 aromatic heterocycles. The van der Waals surface area contributed by atoms with Gasteiger partial charge in [0.15, 0.2) is 0 Å². The average Bonchev–Trinajstić information content (AvgIpc) is 2.28. The molecule has 0 spiro atoms. The van der Waals surface area contributed by atoms with Crippen LogP contribution in [0.3, 0.4) is 0 Å². The van der Waals surface area contributed by atoms with Gasteiger partial charge >= 0.3 is 0 Å². The molecular weight excluding hydrogens is 228 g/mol. The van der Waals surface area contributed by atoms with Gasteiger partial charge in [0.05, 0.1) is 6.61 Å². The summed E-state index contributed by atoms with van der Waals surface area (Å²) >= 11 is 0. The highest BCUT2D eigenvalue weighted by Gasteiger charge is 2.07. The van der Waals surface area contributed by atoms with Crippen LogP contribution in [0.15, 0.2) is 0 Å². The summed E-state index contributed by atoms with van der Waals surface area (Å²) in [5, 5.41) is 2.97. The van der Waals surface area contributed by atoms with Crippen molar-refractivity contribution in [1.82, 2.24) is 9.97 Å². The Morgan fingerprint density at radius 2 is 2.00 bits per heavy atom. The van der Waals surface area contributed by atoms with Gasteiger partial charge < -0.3 is 10.1 Å². The molecule has 0 saturated heterocycles. The van der Waals surface area contributed by atoms with E-state index in [4.69, 9.17) is 4.74 Å². The highest BCUT2D eigenvalue weighted by molar-refractivity contribution is 5.44. The Bertz CT molecular complexity index is 372. The Morgan fingerprint density at radius 1 is 1.29 bits per heavy atom. The summed E-state index contributed by atoms with van der Waals surface area (Å²) in [6, 6.07) is 0. The van der Waals surface area contributed by atoms with Crippen molar-refractivity contribution in [1.29, 1.82) is 0 Å². The van der Waals surface area contributed by atoms with E-state index in [0.29, 0.717) is 12.2 Å². The smallest absolute Gasteiger partial charge is 0.261 e. The fraction of sp³-hybridized carbons (Fsp3) is 0.636. The van der Waals surface area contributed by atoms with Gasteiger partial charge in [-0.15, -0.1) is 0 Å². The number of rotatable bonds is 6. The maximum atomic E-state index is 11.8. The Labute approximate surface area is 99.4 Å². The molecule has 1 rings (SSSR count). The fourth-order valence-corrected chi connectivity index (χ4v) is 1.38. The van der Waals surface area contributed by atoms with Gasteiger partial charge in [0, 0.05) is 24.7 Å². The Kier molecular flexibility index (Phi) is 5.21. The summed E-state index contributed by atoms with van der Waals surface area (Å²) in [5.41, 5.74) is 1.87. The number of aromatic nitrogens is 2. The number of anilines is 1. The highest BCUT2D eigenvalue weighted by Crippen LogP contribution is 2.14. The topological polar surface area (TPSA) is 47.0 Å². The third-order valence-corrected chi connectivity index (χ3v) is 2.39. The van der Waals surface area contributed by atoms with Crippen molar-refractivity contribution in [2.24, 2.45) is 0 Å². The molecule has 4 nitrogen and oxygen atoms in total. The van der Waals surface area contributed by atoms with Gasteiger partial charge in [-0.1, -0.05) is 0 Å². The number of ether oxygens (including phenoxy) is 1. The van der Waals surface area contributed by atoms with Crippen LogP contribution in [0.2, 0.25) is 0 Å². The van der Waals surface area contributed by atoms with Gasteiger partial charge in [-0.3, -0.25) is 0 Å². The highest BCUT2D eigenvalue weighted by atomic mass is 19.3. The molecule has 0 saturated carbocycles. The summed E-state index contributed by atoms with van der Waals surface area (Å²) in [7, 11) is 1.78.